The smallest absolute Gasteiger partial charge is 1.00 e. The average molecular weight is 255 g/mol. The Hall–Kier alpha value is 0.590. The third kappa shape index (κ3) is 4.56. The fourth-order valence-corrected chi connectivity index (χ4v) is 1.17. The predicted molar refractivity (Wildman–Crippen MR) is 56.8 cm³/mol. The number of rotatable bonds is 2. The third-order valence-corrected chi connectivity index (χ3v) is 2.20. The van der Waals surface area contributed by atoms with Gasteiger partial charge in [-0.2, -0.15) is 0 Å². The first-order valence-corrected chi connectivity index (χ1v) is 4.00. The number of hydrogen-bond acceptors (Lipinski definition) is 2. The molecule has 0 atom stereocenters. The zero-order valence-electron chi connectivity index (χ0n) is 11.7. The average Bonchev–Trinajstić information content (AvgIpc) is 2.05. The van der Waals surface area contributed by atoms with E-state index in [2.05, 4.69) is 15.9 Å². The summed E-state index contributed by atoms with van der Waals surface area (Å²) in [4.78, 5) is 0. The molecule has 1 rings (SSSR count). The Bertz CT molecular complexity index is 271. The van der Waals surface area contributed by atoms with Gasteiger partial charge in [-0.1, -0.05) is 15.9 Å². The van der Waals surface area contributed by atoms with Crippen LogP contribution in [0.2, 0.25) is 0 Å². The normalized spacial score (nSPS) is 8.23. The van der Waals surface area contributed by atoms with Crippen molar-refractivity contribution in [1.82, 2.24) is 0 Å². The van der Waals surface area contributed by atoms with Crippen LogP contribution in [-0.2, 0) is 6.61 Å². The molecule has 2 nitrogen and oxygen atoms in total. The van der Waals surface area contributed by atoms with Gasteiger partial charge < -0.3 is 15.5 Å². The first-order chi connectivity index (χ1) is 5.27. The van der Waals surface area contributed by atoms with Gasteiger partial charge in [0.15, 0.2) is 0 Å². The van der Waals surface area contributed by atoms with Crippen LogP contribution in [0.15, 0.2) is 22.7 Å². The molecule has 0 spiro atoms. The molecule has 0 fully saturated rings. The van der Waals surface area contributed by atoms with Gasteiger partial charge in [-0.3, -0.25) is 0 Å². The van der Waals surface area contributed by atoms with E-state index in [4.69, 9.17) is 9.84 Å². The fraction of sp³-hybridized carbons (Fsp3) is 0.250. The van der Waals surface area contributed by atoms with Crippen molar-refractivity contribution < 1.29 is 34.4 Å². The minimum atomic E-state index is 0. The predicted octanol–water partition coefficient (Wildman–Crippen LogP) is -0.977. The summed E-state index contributed by atoms with van der Waals surface area (Å²) in [5.74, 6) is 0.761. The van der Waals surface area contributed by atoms with Crippen LogP contribution in [0, 0.1) is 0 Å². The number of methoxy groups -OCH3 is 1. The van der Waals surface area contributed by atoms with E-state index in [1.807, 2.05) is 12.1 Å². The molecule has 0 heterocycles. The van der Waals surface area contributed by atoms with E-state index in [0.29, 0.717) is 0 Å². The van der Waals surface area contributed by atoms with Crippen molar-refractivity contribution in [3.63, 3.8) is 0 Å². The molecule has 0 saturated carbocycles. The van der Waals surface area contributed by atoms with Crippen LogP contribution < -0.4 is 23.6 Å². The zero-order valence-corrected chi connectivity index (χ0v) is 10.5. The minimum absolute atomic E-state index is 0. The number of benzene rings is 1. The molecule has 0 aliphatic heterocycles. The van der Waals surface area contributed by atoms with E-state index in [9.17, 15) is 0 Å². The summed E-state index contributed by atoms with van der Waals surface area (Å²) in [6.45, 7) is 0.0256. The van der Waals surface area contributed by atoms with E-state index in [-0.39, 0.29) is 48.5 Å². The Kier molecular flexibility index (Phi) is 9.80. The summed E-state index contributed by atoms with van der Waals surface area (Å²) in [5, 5.41) is 8.85. The van der Waals surface area contributed by atoms with Crippen molar-refractivity contribution in [2.75, 3.05) is 7.11 Å². The molecule has 0 bridgehead atoms. The van der Waals surface area contributed by atoms with E-state index in [1.54, 1.807) is 13.2 Å². The summed E-state index contributed by atoms with van der Waals surface area (Å²) in [5.41, 5.74) is 0.837. The summed E-state index contributed by atoms with van der Waals surface area (Å²) in [6.07, 6.45) is 0. The van der Waals surface area contributed by atoms with Gasteiger partial charge in [0, 0.05) is 4.47 Å². The summed E-state index contributed by atoms with van der Waals surface area (Å²) < 4.78 is 5.88. The largest absolute Gasteiger partial charge is 3.00 e. The number of hydrogen-bond donors (Lipinski definition) is 1. The molecule has 13 heavy (non-hydrogen) atoms. The quantitative estimate of drug-likeness (QED) is 0.688. The van der Waals surface area contributed by atoms with E-state index in [0.717, 1.165) is 15.8 Å². The van der Waals surface area contributed by atoms with Crippen molar-refractivity contribution in [1.29, 1.82) is 0 Å². The van der Waals surface area contributed by atoms with Crippen LogP contribution in [0.4, 0.5) is 0 Å². The molecule has 0 amide bonds. The molecule has 0 unspecified atom stereocenters. The van der Waals surface area contributed by atoms with Gasteiger partial charge in [0.2, 0.25) is 0 Å². The second kappa shape index (κ2) is 7.94. The van der Waals surface area contributed by atoms with Crippen LogP contribution in [-0.4, -0.2) is 29.6 Å². The van der Waals surface area contributed by atoms with Gasteiger partial charge in [0.05, 0.1) is 13.7 Å². The molecule has 5 heteroatoms. The molecule has 1 aromatic rings. The van der Waals surface area contributed by atoms with Crippen molar-refractivity contribution in [2.24, 2.45) is 0 Å². The number of halogens is 1. The van der Waals surface area contributed by atoms with Gasteiger partial charge in [-0.25, -0.2) is 0 Å². The second-order valence-electron chi connectivity index (χ2n) is 2.12. The van der Waals surface area contributed by atoms with Gasteiger partial charge >= 0.3 is 36.2 Å². The summed E-state index contributed by atoms with van der Waals surface area (Å²) in [7, 11) is 1.60. The van der Waals surface area contributed by atoms with E-state index >= 15 is 0 Å². The van der Waals surface area contributed by atoms with Crippen LogP contribution in [0.1, 0.15) is 11.3 Å². The SMILES string of the molecule is COc1ccc(Br)c(CO)c1.[Al+3].[H-].[H-].[H-].[H-].[Li+]. The molecule has 0 aliphatic rings. The van der Waals surface area contributed by atoms with Crippen molar-refractivity contribution in [3.8, 4) is 5.75 Å². The first kappa shape index (κ1) is 16.0. The Morgan fingerprint density at radius 1 is 1.54 bits per heavy atom. The zero-order chi connectivity index (χ0) is 8.27. The molecular weight excluding hydrogens is 242 g/mol. The molecule has 68 valence electrons. The van der Waals surface area contributed by atoms with Gasteiger partial charge in [-0.05, 0) is 23.8 Å². The van der Waals surface area contributed by atoms with Gasteiger partial charge in [-0.15, -0.1) is 0 Å². The van der Waals surface area contributed by atoms with Crippen molar-refractivity contribution in [2.45, 2.75) is 6.61 Å². The number of aliphatic hydroxyl groups is 1. The van der Waals surface area contributed by atoms with E-state index < -0.39 is 0 Å². The minimum Gasteiger partial charge on any atom is -1.00 e. The van der Waals surface area contributed by atoms with Crippen molar-refractivity contribution >= 4 is 33.3 Å². The van der Waals surface area contributed by atoms with Crippen LogP contribution >= 0.6 is 15.9 Å². The topological polar surface area (TPSA) is 29.5 Å². The second-order valence-corrected chi connectivity index (χ2v) is 2.97. The van der Waals surface area contributed by atoms with Gasteiger partial charge in [0.25, 0.3) is 0 Å². The maximum absolute atomic E-state index is 8.85. The first-order valence-electron chi connectivity index (χ1n) is 3.21. The Morgan fingerprint density at radius 3 is 2.62 bits per heavy atom. The molecule has 0 saturated heterocycles. The number of aliphatic hydroxyl groups excluding tert-OH is 1. The van der Waals surface area contributed by atoms with Crippen LogP contribution in [0.3, 0.4) is 0 Å². The number of ether oxygens (including phenoxy) is 1. The fourth-order valence-electron chi connectivity index (χ4n) is 0.799. The maximum Gasteiger partial charge on any atom is 3.00 e. The standard InChI is InChI=1S/C8H9BrO2.Al.Li.4H/c1-11-7-2-3-8(9)6(4-7)5-10;;;;;;/h2-4,10H,5H2,1H3;;;;;;/q;+3;+1;4*-1. The molecular formula is C8H13AlBrLiO2. The van der Waals surface area contributed by atoms with Crippen LogP contribution in [0.25, 0.3) is 0 Å². The Morgan fingerprint density at radius 2 is 2.15 bits per heavy atom. The van der Waals surface area contributed by atoms with Crippen LogP contribution in [0.5, 0.6) is 5.75 Å². The summed E-state index contributed by atoms with van der Waals surface area (Å²) in [6, 6.07) is 5.48. The molecule has 1 N–H and O–H groups in total. The molecule has 0 aliphatic carbocycles. The van der Waals surface area contributed by atoms with E-state index in [1.165, 1.54) is 0 Å². The van der Waals surface area contributed by atoms with Gasteiger partial charge in [0.1, 0.15) is 5.75 Å². The molecule has 0 aromatic heterocycles. The molecule has 1 aromatic carbocycles. The molecule has 0 radical (unpaired) electrons. The monoisotopic (exact) mass is 254 g/mol. The maximum atomic E-state index is 8.85. The Balaban J connectivity index is -0.0000000504. The Labute approximate surface area is 115 Å². The summed E-state index contributed by atoms with van der Waals surface area (Å²) >= 11 is 3.30. The van der Waals surface area contributed by atoms with Crippen molar-refractivity contribution in [3.05, 3.63) is 28.2 Å². The third-order valence-electron chi connectivity index (χ3n) is 1.42.